The minimum Gasteiger partial charge on any atom is -0.508 e. The molecule has 0 aromatic heterocycles. The van der Waals surface area contributed by atoms with Crippen molar-refractivity contribution in [2.45, 2.75) is 52.9 Å². The van der Waals surface area contributed by atoms with Gasteiger partial charge in [-0.15, -0.1) is 0 Å². The summed E-state index contributed by atoms with van der Waals surface area (Å²) in [7, 11) is 0. The van der Waals surface area contributed by atoms with Crippen LogP contribution in [0.1, 0.15) is 58.4 Å². The van der Waals surface area contributed by atoms with Crippen LogP contribution in [0.3, 0.4) is 0 Å². The summed E-state index contributed by atoms with van der Waals surface area (Å²) in [5.41, 5.74) is 2.92. The van der Waals surface area contributed by atoms with E-state index in [0.717, 1.165) is 17.8 Å². The molecule has 0 spiro atoms. The van der Waals surface area contributed by atoms with E-state index in [2.05, 4.69) is 5.32 Å². The first kappa shape index (κ1) is 23.6. The van der Waals surface area contributed by atoms with Gasteiger partial charge < -0.3 is 19.9 Å². The molecule has 3 unspecified atom stereocenters. The van der Waals surface area contributed by atoms with E-state index >= 15 is 0 Å². The maximum atomic E-state index is 13.7. The lowest BCUT2D eigenvalue weighted by Crippen LogP contribution is -2.43. The lowest BCUT2D eigenvalue weighted by atomic mass is 9.69. The standard InChI is InChI=1S/C25H31NO6/c1-5-8-17-22(25(30)32-7-3)20(15-9-11-16(27)12-10-15)21-18(26-17)13-14(4)19(23(21)28)24(29)31-6-2/h9-12,14,19-20,26-27H,5-8,13H2,1-4H3. The van der Waals surface area contributed by atoms with E-state index in [-0.39, 0.29) is 30.7 Å². The van der Waals surface area contributed by atoms with E-state index in [1.165, 1.54) is 12.1 Å². The Hall–Kier alpha value is -3.09. The number of phenolic OH excluding ortho intramolecular Hbond substituents is 1. The van der Waals surface area contributed by atoms with Crippen molar-refractivity contribution in [2.24, 2.45) is 11.8 Å². The van der Waals surface area contributed by atoms with Gasteiger partial charge in [0, 0.05) is 22.9 Å². The zero-order chi connectivity index (χ0) is 23.4. The third-order valence-electron chi connectivity index (χ3n) is 5.93. The van der Waals surface area contributed by atoms with Gasteiger partial charge in [-0.2, -0.15) is 0 Å². The molecule has 0 radical (unpaired) electrons. The van der Waals surface area contributed by atoms with Gasteiger partial charge in [-0.05, 0) is 50.3 Å². The maximum Gasteiger partial charge on any atom is 0.336 e. The first-order chi connectivity index (χ1) is 15.3. The van der Waals surface area contributed by atoms with E-state index in [0.29, 0.717) is 29.6 Å². The zero-order valence-electron chi connectivity index (χ0n) is 19.1. The van der Waals surface area contributed by atoms with E-state index in [4.69, 9.17) is 9.47 Å². The number of ketones is 1. The Balaban J connectivity index is 2.20. The fourth-order valence-electron chi connectivity index (χ4n) is 4.60. The number of ether oxygens (including phenoxy) is 2. The predicted octanol–water partition coefficient (Wildman–Crippen LogP) is 3.74. The highest BCUT2D eigenvalue weighted by molar-refractivity contribution is 6.12. The zero-order valence-corrected chi connectivity index (χ0v) is 19.1. The van der Waals surface area contributed by atoms with E-state index in [9.17, 15) is 19.5 Å². The Morgan fingerprint density at radius 2 is 1.75 bits per heavy atom. The molecule has 1 aliphatic heterocycles. The Labute approximate surface area is 188 Å². The lowest BCUT2D eigenvalue weighted by molar-refractivity contribution is -0.153. The molecule has 0 amide bonds. The first-order valence-electron chi connectivity index (χ1n) is 11.2. The number of esters is 2. The Morgan fingerprint density at radius 1 is 1.09 bits per heavy atom. The number of carbonyl (C=O) groups excluding carboxylic acids is 3. The lowest BCUT2D eigenvalue weighted by Gasteiger charge is -2.39. The molecule has 7 nitrogen and oxygen atoms in total. The number of nitrogens with one attached hydrogen (secondary N) is 1. The third-order valence-corrected chi connectivity index (χ3v) is 5.93. The van der Waals surface area contributed by atoms with Crippen LogP contribution in [0.2, 0.25) is 0 Å². The molecule has 32 heavy (non-hydrogen) atoms. The van der Waals surface area contributed by atoms with Gasteiger partial charge in [-0.1, -0.05) is 32.4 Å². The number of dihydropyridines is 1. The first-order valence-corrected chi connectivity index (χ1v) is 11.2. The minimum atomic E-state index is -0.925. The number of hydrogen-bond donors (Lipinski definition) is 2. The number of phenols is 1. The highest BCUT2D eigenvalue weighted by Gasteiger charge is 2.47. The highest BCUT2D eigenvalue weighted by Crippen LogP contribution is 2.46. The predicted molar refractivity (Wildman–Crippen MR) is 118 cm³/mol. The van der Waals surface area contributed by atoms with Crippen molar-refractivity contribution in [3.8, 4) is 5.75 Å². The van der Waals surface area contributed by atoms with Crippen molar-refractivity contribution in [2.75, 3.05) is 13.2 Å². The fraction of sp³-hybridized carbons (Fsp3) is 0.480. The Kier molecular flexibility index (Phi) is 7.38. The Bertz CT molecular complexity index is 959. The van der Waals surface area contributed by atoms with Crippen LogP contribution >= 0.6 is 0 Å². The van der Waals surface area contributed by atoms with Gasteiger partial charge in [0.25, 0.3) is 0 Å². The summed E-state index contributed by atoms with van der Waals surface area (Å²) in [4.78, 5) is 39.5. The van der Waals surface area contributed by atoms with Gasteiger partial charge in [0.2, 0.25) is 0 Å². The number of aromatic hydroxyl groups is 1. The molecule has 2 aliphatic rings. The summed E-state index contributed by atoms with van der Waals surface area (Å²) in [6, 6.07) is 6.45. The summed E-state index contributed by atoms with van der Waals surface area (Å²) in [6.45, 7) is 7.72. The largest absolute Gasteiger partial charge is 0.508 e. The van der Waals surface area contributed by atoms with Crippen LogP contribution in [0.4, 0.5) is 0 Å². The fourth-order valence-corrected chi connectivity index (χ4v) is 4.60. The molecular formula is C25H31NO6. The molecule has 3 atom stereocenters. The molecule has 1 aromatic rings. The van der Waals surface area contributed by atoms with Crippen molar-refractivity contribution in [1.29, 1.82) is 0 Å². The number of benzene rings is 1. The topological polar surface area (TPSA) is 102 Å². The second-order valence-corrected chi connectivity index (χ2v) is 8.18. The van der Waals surface area contributed by atoms with Gasteiger partial charge >= 0.3 is 11.9 Å². The third kappa shape index (κ3) is 4.42. The summed E-state index contributed by atoms with van der Waals surface area (Å²) in [5.74, 6) is -3.13. The minimum absolute atomic E-state index is 0.0836. The average molecular weight is 442 g/mol. The number of carbonyl (C=O) groups is 3. The summed E-state index contributed by atoms with van der Waals surface area (Å²) < 4.78 is 10.6. The van der Waals surface area contributed by atoms with Gasteiger partial charge in [0.1, 0.15) is 11.7 Å². The molecular weight excluding hydrogens is 410 g/mol. The van der Waals surface area contributed by atoms with Crippen molar-refractivity contribution in [1.82, 2.24) is 5.32 Å². The van der Waals surface area contributed by atoms with Crippen molar-refractivity contribution in [3.05, 3.63) is 52.4 Å². The van der Waals surface area contributed by atoms with Crippen LogP contribution in [0.25, 0.3) is 0 Å². The monoisotopic (exact) mass is 441 g/mol. The normalized spacial score (nSPS) is 22.9. The molecule has 1 aromatic carbocycles. The van der Waals surface area contributed by atoms with E-state index < -0.39 is 23.8 Å². The summed E-state index contributed by atoms with van der Waals surface area (Å²) >= 11 is 0. The second kappa shape index (κ2) is 10.0. The summed E-state index contributed by atoms with van der Waals surface area (Å²) in [5, 5.41) is 13.1. The number of rotatable bonds is 7. The van der Waals surface area contributed by atoms with E-state index in [1.54, 1.807) is 26.0 Å². The molecule has 7 heteroatoms. The SMILES string of the molecule is CCCC1=C(C(=O)OCC)C(c2ccc(O)cc2)C2=C(CC(C)C(C(=O)OCC)C2=O)N1. The Morgan fingerprint density at radius 3 is 2.34 bits per heavy atom. The second-order valence-electron chi connectivity index (χ2n) is 8.18. The molecule has 1 heterocycles. The van der Waals surface area contributed by atoms with Crippen LogP contribution < -0.4 is 5.32 Å². The van der Waals surface area contributed by atoms with Crippen molar-refractivity contribution < 1.29 is 29.0 Å². The van der Waals surface area contributed by atoms with Gasteiger partial charge in [-0.3, -0.25) is 9.59 Å². The van der Waals surface area contributed by atoms with Gasteiger partial charge in [0.15, 0.2) is 5.78 Å². The molecule has 0 saturated carbocycles. The quantitative estimate of drug-likeness (QED) is 0.491. The number of Topliss-reactive ketones (excluding diaryl/α,β-unsaturated/α-hetero) is 1. The molecule has 0 bridgehead atoms. The van der Waals surface area contributed by atoms with Crippen LogP contribution in [-0.4, -0.2) is 36.0 Å². The molecule has 1 aliphatic carbocycles. The molecule has 3 rings (SSSR count). The maximum absolute atomic E-state index is 13.7. The van der Waals surface area contributed by atoms with Crippen LogP contribution in [-0.2, 0) is 23.9 Å². The highest BCUT2D eigenvalue weighted by atomic mass is 16.5. The van der Waals surface area contributed by atoms with Gasteiger partial charge in [0.05, 0.1) is 18.8 Å². The average Bonchev–Trinajstić information content (AvgIpc) is 2.74. The molecule has 172 valence electrons. The van der Waals surface area contributed by atoms with Crippen LogP contribution in [0.15, 0.2) is 46.8 Å². The van der Waals surface area contributed by atoms with Crippen LogP contribution in [0, 0.1) is 11.8 Å². The van der Waals surface area contributed by atoms with Gasteiger partial charge in [-0.25, -0.2) is 4.79 Å². The van der Waals surface area contributed by atoms with E-state index in [1.807, 2.05) is 13.8 Å². The number of allylic oxidation sites excluding steroid dienone is 3. The summed E-state index contributed by atoms with van der Waals surface area (Å²) in [6.07, 6.45) is 1.90. The molecule has 0 fully saturated rings. The number of hydrogen-bond acceptors (Lipinski definition) is 7. The molecule has 2 N–H and O–H groups in total. The van der Waals surface area contributed by atoms with Crippen LogP contribution in [0.5, 0.6) is 5.75 Å². The molecule has 0 saturated heterocycles. The smallest absolute Gasteiger partial charge is 0.336 e. The van der Waals surface area contributed by atoms with Crippen molar-refractivity contribution in [3.63, 3.8) is 0 Å². The van der Waals surface area contributed by atoms with Crippen molar-refractivity contribution >= 4 is 17.7 Å².